The number of nitrogens with one attached hydrogen (secondary N) is 2. The van der Waals surface area contributed by atoms with Crippen molar-refractivity contribution in [1.82, 2.24) is 29.7 Å². The van der Waals surface area contributed by atoms with Gasteiger partial charge in [-0.1, -0.05) is 37.6 Å². The van der Waals surface area contributed by atoms with Gasteiger partial charge in [-0.15, -0.1) is 0 Å². The molecule has 0 unspecified atom stereocenters. The van der Waals surface area contributed by atoms with Gasteiger partial charge in [0.25, 0.3) is 0 Å². The number of fused-ring (bicyclic) bond motifs is 1. The fraction of sp³-hybridized carbons (Fsp3) is 0.160. The highest BCUT2D eigenvalue weighted by Gasteiger charge is 2.09. The van der Waals surface area contributed by atoms with Crippen LogP contribution in [-0.4, -0.2) is 36.8 Å². The first-order chi connectivity index (χ1) is 17.6. The first-order valence-electron chi connectivity index (χ1n) is 11.2. The van der Waals surface area contributed by atoms with Gasteiger partial charge in [-0.2, -0.15) is 10.1 Å². The molecule has 0 atom stereocenters. The molecule has 184 valence electrons. The number of aryl methyl sites for hydroxylation is 1. The molecule has 4 aromatic heterocycles. The average Bonchev–Trinajstić information content (AvgIpc) is 3.32. The normalized spacial score (nSPS) is 10.5. The Morgan fingerprint density at radius 1 is 0.944 bits per heavy atom. The van der Waals surface area contributed by atoms with Gasteiger partial charge in [0, 0.05) is 48.5 Å². The molecule has 0 aliphatic carbocycles. The van der Waals surface area contributed by atoms with Gasteiger partial charge in [0.15, 0.2) is 5.65 Å². The second-order valence-electron chi connectivity index (χ2n) is 7.30. The summed E-state index contributed by atoms with van der Waals surface area (Å²) in [6, 6.07) is 11.9. The van der Waals surface area contributed by atoms with Gasteiger partial charge in [0.05, 0.1) is 28.9 Å². The number of methoxy groups -OCH3 is 1. The number of aromatic nitrogens is 6. The highest BCUT2D eigenvalue weighted by atomic mass is 35.5. The van der Waals surface area contributed by atoms with Crippen molar-refractivity contribution >= 4 is 51.9 Å². The fourth-order valence-corrected chi connectivity index (χ4v) is 4.25. The molecule has 4 heterocycles. The predicted molar refractivity (Wildman–Crippen MR) is 146 cm³/mol. The van der Waals surface area contributed by atoms with Gasteiger partial charge < -0.3 is 14.8 Å². The molecule has 0 spiro atoms. The van der Waals surface area contributed by atoms with Gasteiger partial charge >= 0.3 is 0 Å². The van der Waals surface area contributed by atoms with Crippen molar-refractivity contribution in [2.75, 3.05) is 17.1 Å². The third-order valence-corrected chi connectivity index (χ3v) is 5.90. The summed E-state index contributed by atoms with van der Waals surface area (Å²) in [5.41, 5.74) is 4.30. The molecule has 0 radical (unpaired) electrons. The smallest absolute Gasteiger partial charge is 0.229 e. The number of ether oxygens (including phenoxy) is 1. The Morgan fingerprint density at radius 2 is 1.81 bits per heavy atom. The average molecular weight is 521 g/mol. The van der Waals surface area contributed by atoms with Crippen LogP contribution in [0.15, 0.2) is 72.3 Å². The number of rotatable bonds is 7. The van der Waals surface area contributed by atoms with Crippen molar-refractivity contribution in [2.45, 2.75) is 18.7 Å². The van der Waals surface area contributed by atoms with Crippen LogP contribution in [0.4, 0.5) is 17.3 Å². The predicted octanol–water partition coefficient (Wildman–Crippen LogP) is 6.37. The maximum absolute atomic E-state index is 6.08. The van der Waals surface area contributed by atoms with Crippen LogP contribution in [0.25, 0.3) is 22.2 Å². The molecule has 1 aromatic carbocycles. The topological polar surface area (TPSA) is 103 Å². The van der Waals surface area contributed by atoms with Crippen LogP contribution in [0.2, 0.25) is 5.02 Å². The Kier molecular flexibility index (Phi) is 8.19. The number of nitrogens with zero attached hydrogens (tertiary/aromatic N) is 6. The second kappa shape index (κ2) is 11.7. The lowest BCUT2D eigenvalue weighted by Gasteiger charge is -2.10. The zero-order valence-corrected chi connectivity index (χ0v) is 21.8. The summed E-state index contributed by atoms with van der Waals surface area (Å²) >= 11 is 7.45. The zero-order chi connectivity index (χ0) is 25.5. The van der Waals surface area contributed by atoms with E-state index in [1.807, 2.05) is 57.4 Å². The molecule has 5 rings (SSSR count). The van der Waals surface area contributed by atoms with Crippen molar-refractivity contribution in [3.8, 4) is 17.0 Å². The van der Waals surface area contributed by atoms with Crippen molar-refractivity contribution in [1.29, 1.82) is 0 Å². The van der Waals surface area contributed by atoms with Crippen LogP contribution in [0, 0.1) is 0 Å². The fourth-order valence-electron chi connectivity index (χ4n) is 3.27. The molecule has 0 aliphatic heterocycles. The maximum atomic E-state index is 6.08. The molecule has 5 aromatic rings. The van der Waals surface area contributed by atoms with Gasteiger partial charge in [0.1, 0.15) is 0 Å². The minimum atomic E-state index is 0.468. The maximum Gasteiger partial charge on any atom is 0.229 e. The van der Waals surface area contributed by atoms with Gasteiger partial charge in [0.2, 0.25) is 11.8 Å². The third-order valence-electron chi connectivity index (χ3n) is 4.85. The minimum absolute atomic E-state index is 0.468. The van der Waals surface area contributed by atoms with E-state index in [9.17, 15) is 0 Å². The molecule has 0 fully saturated rings. The summed E-state index contributed by atoms with van der Waals surface area (Å²) in [6.07, 6.45) is 8.68. The first-order valence-corrected chi connectivity index (χ1v) is 12.4. The molecule has 11 heteroatoms. The summed E-state index contributed by atoms with van der Waals surface area (Å²) in [5.74, 6) is 0.976. The Labute approximate surface area is 218 Å². The Morgan fingerprint density at radius 3 is 2.58 bits per heavy atom. The number of anilines is 3. The summed E-state index contributed by atoms with van der Waals surface area (Å²) in [7, 11) is 3.43. The second-order valence-corrected chi connectivity index (χ2v) is 8.59. The number of halogens is 1. The highest BCUT2D eigenvalue weighted by Crippen LogP contribution is 2.32. The van der Waals surface area contributed by atoms with Crippen molar-refractivity contribution in [3.05, 3.63) is 72.4 Å². The molecule has 0 bridgehead atoms. The third kappa shape index (κ3) is 6.02. The van der Waals surface area contributed by atoms with Gasteiger partial charge in [-0.25, -0.2) is 15.0 Å². The van der Waals surface area contributed by atoms with E-state index in [1.54, 1.807) is 42.6 Å². The van der Waals surface area contributed by atoms with Crippen LogP contribution in [0.1, 0.15) is 13.8 Å². The van der Waals surface area contributed by atoms with E-state index in [-0.39, 0.29) is 0 Å². The van der Waals surface area contributed by atoms with E-state index in [4.69, 9.17) is 16.3 Å². The van der Waals surface area contributed by atoms with E-state index >= 15 is 0 Å². The quantitative estimate of drug-likeness (QED) is 0.237. The molecule has 0 aliphatic rings. The largest absolute Gasteiger partial charge is 0.480 e. The minimum Gasteiger partial charge on any atom is -0.480 e. The van der Waals surface area contributed by atoms with E-state index in [2.05, 4.69) is 35.1 Å². The van der Waals surface area contributed by atoms with Crippen molar-refractivity contribution in [3.63, 3.8) is 0 Å². The number of pyridine rings is 2. The number of benzene rings is 1. The van der Waals surface area contributed by atoms with E-state index in [0.29, 0.717) is 22.5 Å². The lowest BCUT2D eigenvalue weighted by molar-refractivity contribution is 0.387. The Bertz CT molecular complexity index is 1480. The van der Waals surface area contributed by atoms with Crippen molar-refractivity contribution in [2.24, 2.45) is 7.05 Å². The van der Waals surface area contributed by atoms with Crippen LogP contribution >= 0.6 is 23.5 Å². The van der Waals surface area contributed by atoms with Crippen molar-refractivity contribution < 1.29 is 4.74 Å². The van der Waals surface area contributed by atoms with E-state index < -0.39 is 0 Å². The van der Waals surface area contributed by atoms with E-state index in [0.717, 1.165) is 32.8 Å². The molecular formula is C25H25ClN8OS. The standard InChI is InChI=1S/C23H19ClN8OS.C2H6/c1-32-13-19(12-28-32)29-23-27-10-16-6-15(9-25-21(16)30-23)14-4-3-5-18(7-14)31-34-20-8-17(24)11-26-22(20)33-2;1-2/h3-13,31H,1-2H3,(H,25,27,29,30);1-2H3. The van der Waals surface area contributed by atoms with Crippen LogP contribution in [0.5, 0.6) is 5.88 Å². The lowest BCUT2D eigenvalue weighted by atomic mass is 10.1. The molecule has 9 nitrogen and oxygen atoms in total. The monoisotopic (exact) mass is 520 g/mol. The molecule has 2 N–H and O–H groups in total. The molecule has 0 amide bonds. The van der Waals surface area contributed by atoms with E-state index in [1.165, 1.54) is 11.9 Å². The summed E-state index contributed by atoms with van der Waals surface area (Å²) in [6.45, 7) is 4.00. The summed E-state index contributed by atoms with van der Waals surface area (Å²) < 4.78 is 10.3. The zero-order valence-electron chi connectivity index (χ0n) is 20.2. The summed E-state index contributed by atoms with van der Waals surface area (Å²) in [5, 5.41) is 8.65. The molecule has 0 saturated carbocycles. The van der Waals surface area contributed by atoms with Crippen LogP contribution in [-0.2, 0) is 7.05 Å². The van der Waals surface area contributed by atoms with Crippen LogP contribution in [0.3, 0.4) is 0 Å². The Hall–Kier alpha value is -3.89. The molecular weight excluding hydrogens is 496 g/mol. The Balaban J connectivity index is 0.00000148. The molecule has 36 heavy (non-hydrogen) atoms. The SMILES string of the molecule is CC.COc1ncc(Cl)cc1SNc1cccc(-c2cnc3nc(Nc4cnn(C)c4)ncc3c2)c1. The summed E-state index contributed by atoms with van der Waals surface area (Å²) in [4.78, 5) is 18.4. The molecule has 0 saturated heterocycles. The lowest BCUT2D eigenvalue weighted by Crippen LogP contribution is -1.97. The van der Waals surface area contributed by atoms with Gasteiger partial charge in [-0.3, -0.25) is 4.68 Å². The van der Waals surface area contributed by atoms with Gasteiger partial charge in [-0.05, 0) is 41.8 Å². The first kappa shape index (κ1) is 25.2. The number of hydrogen-bond donors (Lipinski definition) is 2. The van der Waals surface area contributed by atoms with Crippen LogP contribution < -0.4 is 14.8 Å². The number of hydrogen-bond acceptors (Lipinski definition) is 9. The highest BCUT2D eigenvalue weighted by molar-refractivity contribution is 8.00.